The predicted octanol–water partition coefficient (Wildman–Crippen LogP) is 3.43. The molecule has 0 amide bonds. The van der Waals surface area contributed by atoms with Gasteiger partial charge in [-0.1, -0.05) is 12.1 Å². The highest BCUT2D eigenvalue weighted by atomic mass is 19.1. The summed E-state index contributed by atoms with van der Waals surface area (Å²) >= 11 is 0. The van der Waals surface area contributed by atoms with Gasteiger partial charge in [-0.15, -0.1) is 0 Å². The molecule has 0 aliphatic rings. The molecule has 20 heavy (non-hydrogen) atoms. The van der Waals surface area contributed by atoms with Gasteiger partial charge in [-0.3, -0.25) is 0 Å². The number of methoxy groups -OCH3 is 1. The molecule has 1 atom stereocenters. The SMILES string of the molecule is COc1ccc(COc2ccc(C(C)N)cc2)c(F)c1. The van der Waals surface area contributed by atoms with E-state index in [2.05, 4.69) is 0 Å². The minimum absolute atomic E-state index is 0.0110. The van der Waals surface area contributed by atoms with Gasteiger partial charge in [-0.2, -0.15) is 0 Å². The van der Waals surface area contributed by atoms with E-state index in [0.717, 1.165) is 5.56 Å². The van der Waals surface area contributed by atoms with Gasteiger partial charge in [0.05, 0.1) is 7.11 Å². The van der Waals surface area contributed by atoms with E-state index in [4.69, 9.17) is 15.2 Å². The van der Waals surface area contributed by atoms with Crippen LogP contribution in [0.1, 0.15) is 24.1 Å². The molecule has 2 rings (SSSR count). The molecule has 3 nitrogen and oxygen atoms in total. The van der Waals surface area contributed by atoms with E-state index < -0.39 is 0 Å². The molecule has 1 unspecified atom stereocenters. The second kappa shape index (κ2) is 6.39. The van der Waals surface area contributed by atoms with Gasteiger partial charge in [0.15, 0.2) is 0 Å². The molecular weight excluding hydrogens is 257 g/mol. The van der Waals surface area contributed by atoms with Gasteiger partial charge in [0, 0.05) is 17.7 Å². The fraction of sp³-hybridized carbons (Fsp3) is 0.250. The molecule has 0 aliphatic heterocycles. The monoisotopic (exact) mass is 275 g/mol. The van der Waals surface area contributed by atoms with Crippen molar-refractivity contribution in [2.45, 2.75) is 19.6 Å². The maximum atomic E-state index is 13.7. The van der Waals surface area contributed by atoms with E-state index in [-0.39, 0.29) is 18.5 Å². The zero-order valence-corrected chi connectivity index (χ0v) is 11.6. The summed E-state index contributed by atoms with van der Waals surface area (Å²) in [5, 5.41) is 0. The topological polar surface area (TPSA) is 44.5 Å². The summed E-state index contributed by atoms with van der Waals surface area (Å²) in [4.78, 5) is 0. The van der Waals surface area contributed by atoms with Gasteiger partial charge >= 0.3 is 0 Å². The first kappa shape index (κ1) is 14.3. The van der Waals surface area contributed by atoms with Crippen molar-refractivity contribution in [1.82, 2.24) is 0 Å². The Balaban J connectivity index is 2.01. The fourth-order valence-corrected chi connectivity index (χ4v) is 1.80. The highest BCUT2D eigenvalue weighted by molar-refractivity contribution is 5.31. The first-order valence-electron chi connectivity index (χ1n) is 6.41. The van der Waals surface area contributed by atoms with Gasteiger partial charge in [0.25, 0.3) is 0 Å². The van der Waals surface area contributed by atoms with Crippen LogP contribution in [-0.2, 0) is 6.61 Å². The molecule has 0 heterocycles. The summed E-state index contributed by atoms with van der Waals surface area (Å²) in [5.74, 6) is 0.841. The summed E-state index contributed by atoms with van der Waals surface area (Å²) < 4.78 is 24.2. The van der Waals surface area contributed by atoms with Crippen molar-refractivity contribution in [2.24, 2.45) is 5.73 Å². The minimum atomic E-state index is -0.337. The van der Waals surface area contributed by atoms with Crippen molar-refractivity contribution in [1.29, 1.82) is 0 Å². The molecule has 0 saturated carbocycles. The summed E-state index contributed by atoms with van der Waals surface area (Å²) in [6.07, 6.45) is 0. The number of rotatable bonds is 5. The average Bonchev–Trinajstić information content (AvgIpc) is 2.46. The molecule has 106 valence electrons. The van der Waals surface area contributed by atoms with Gasteiger partial charge in [-0.05, 0) is 36.8 Å². The molecule has 2 aromatic rings. The number of hydrogen-bond donors (Lipinski definition) is 1. The first-order valence-corrected chi connectivity index (χ1v) is 6.41. The van der Waals surface area contributed by atoms with Crippen LogP contribution in [0.5, 0.6) is 11.5 Å². The van der Waals surface area contributed by atoms with Gasteiger partial charge in [0.1, 0.15) is 23.9 Å². The Hall–Kier alpha value is -2.07. The summed E-state index contributed by atoms with van der Waals surface area (Å²) in [6, 6.07) is 12.2. The normalized spacial score (nSPS) is 12.0. The molecule has 0 bridgehead atoms. The number of ether oxygens (including phenoxy) is 2. The van der Waals surface area contributed by atoms with Crippen LogP contribution < -0.4 is 15.2 Å². The maximum Gasteiger partial charge on any atom is 0.133 e. The minimum Gasteiger partial charge on any atom is -0.497 e. The summed E-state index contributed by atoms with van der Waals surface area (Å²) in [6.45, 7) is 2.09. The maximum absolute atomic E-state index is 13.7. The average molecular weight is 275 g/mol. The molecule has 4 heteroatoms. The van der Waals surface area contributed by atoms with Crippen LogP contribution in [0.4, 0.5) is 4.39 Å². The highest BCUT2D eigenvalue weighted by Crippen LogP contribution is 2.20. The van der Waals surface area contributed by atoms with Crippen molar-refractivity contribution in [3.8, 4) is 11.5 Å². The van der Waals surface area contributed by atoms with Crippen LogP contribution >= 0.6 is 0 Å². The third-order valence-electron chi connectivity index (χ3n) is 3.06. The third-order valence-corrected chi connectivity index (χ3v) is 3.06. The second-order valence-corrected chi connectivity index (χ2v) is 4.60. The van der Waals surface area contributed by atoms with E-state index in [1.165, 1.54) is 13.2 Å². The Labute approximate surface area is 118 Å². The number of halogens is 1. The lowest BCUT2D eigenvalue weighted by Gasteiger charge is -2.10. The van der Waals surface area contributed by atoms with Crippen molar-refractivity contribution in [3.63, 3.8) is 0 Å². The zero-order valence-electron chi connectivity index (χ0n) is 11.6. The molecule has 2 N–H and O–H groups in total. The Bertz CT molecular complexity index is 567. The van der Waals surface area contributed by atoms with Gasteiger partial charge in [-0.25, -0.2) is 4.39 Å². The van der Waals surface area contributed by atoms with Crippen molar-refractivity contribution >= 4 is 0 Å². The van der Waals surface area contributed by atoms with Crippen molar-refractivity contribution in [2.75, 3.05) is 7.11 Å². The van der Waals surface area contributed by atoms with E-state index in [0.29, 0.717) is 17.1 Å². The van der Waals surface area contributed by atoms with Crippen molar-refractivity contribution in [3.05, 3.63) is 59.4 Å². The zero-order chi connectivity index (χ0) is 14.5. The van der Waals surface area contributed by atoms with E-state index in [1.807, 2.05) is 31.2 Å². The third kappa shape index (κ3) is 3.48. The Morgan fingerprint density at radius 3 is 2.30 bits per heavy atom. The lowest BCUT2D eigenvalue weighted by Crippen LogP contribution is -2.04. The lowest BCUT2D eigenvalue weighted by molar-refractivity contribution is 0.299. The Kier molecular flexibility index (Phi) is 4.58. The van der Waals surface area contributed by atoms with Crippen LogP contribution in [-0.4, -0.2) is 7.11 Å². The molecule has 0 spiro atoms. The van der Waals surface area contributed by atoms with Gasteiger partial charge in [0.2, 0.25) is 0 Å². The molecule has 0 fully saturated rings. The summed E-state index contributed by atoms with van der Waals surface area (Å²) in [7, 11) is 1.50. The quantitative estimate of drug-likeness (QED) is 0.909. The van der Waals surface area contributed by atoms with E-state index in [1.54, 1.807) is 12.1 Å². The molecule has 0 aromatic heterocycles. The Morgan fingerprint density at radius 2 is 1.75 bits per heavy atom. The highest BCUT2D eigenvalue weighted by Gasteiger charge is 2.05. The standard InChI is InChI=1S/C16H18FNO2/c1-11(18)12-3-6-14(7-4-12)20-10-13-5-8-15(19-2)9-16(13)17/h3-9,11H,10,18H2,1-2H3. The molecule has 2 aromatic carbocycles. The van der Waals surface area contributed by atoms with Crippen LogP contribution in [0.15, 0.2) is 42.5 Å². The Morgan fingerprint density at radius 1 is 1.10 bits per heavy atom. The van der Waals surface area contributed by atoms with Crippen LogP contribution in [0.25, 0.3) is 0 Å². The van der Waals surface area contributed by atoms with E-state index >= 15 is 0 Å². The second-order valence-electron chi connectivity index (χ2n) is 4.60. The predicted molar refractivity (Wildman–Crippen MR) is 76.3 cm³/mol. The van der Waals surface area contributed by atoms with E-state index in [9.17, 15) is 4.39 Å². The van der Waals surface area contributed by atoms with Crippen LogP contribution in [0.3, 0.4) is 0 Å². The molecular formula is C16H18FNO2. The first-order chi connectivity index (χ1) is 9.60. The molecule has 0 aliphatic carbocycles. The largest absolute Gasteiger partial charge is 0.497 e. The summed E-state index contributed by atoms with van der Waals surface area (Å²) in [5.41, 5.74) is 7.30. The molecule has 0 radical (unpaired) electrons. The number of nitrogens with two attached hydrogens (primary N) is 1. The van der Waals surface area contributed by atoms with Gasteiger partial charge < -0.3 is 15.2 Å². The van der Waals surface area contributed by atoms with Crippen molar-refractivity contribution < 1.29 is 13.9 Å². The van der Waals surface area contributed by atoms with Crippen LogP contribution in [0.2, 0.25) is 0 Å². The lowest BCUT2D eigenvalue weighted by atomic mass is 10.1. The number of benzene rings is 2. The smallest absolute Gasteiger partial charge is 0.133 e. The fourth-order valence-electron chi connectivity index (χ4n) is 1.80. The van der Waals surface area contributed by atoms with Crippen LogP contribution in [0, 0.1) is 5.82 Å². The molecule has 0 saturated heterocycles. The number of hydrogen-bond acceptors (Lipinski definition) is 3.